The maximum Gasteiger partial charge on any atom is 1.00 e. The van der Waals surface area contributed by atoms with Crippen LogP contribution >= 0.6 is 11.6 Å². The number of carboxylic acids is 1. The molecule has 0 radical (unpaired) electrons. The first-order valence-corrected chi connectivity index (χ1v) is 9.25. The molecule has 4 rings (SSSR count). The first-order valence-electron chi connectivity index (χ1n) is 8.87. The van der Waals surface area contributed by atoms with Crippen molar-refractivity contribution in [1.82, 2.24) is 10.2 Å². The van der Waals surface area contributed by atoms with Gasteiger partial charge < -0.3 is 9.90 Å². The molecule has 0 aliphatic rings. The fraction of sp³-hybridized carbons (Fsp3) is 0.0455. The van der Waals surface area contributed by atoms with Gasteiger partial charge in [-0.05, 0) is 23.8 Å². The van der Waals surface area contributed by atoms with Gasteiger partial charge in [-0.1, -0.05) is 54.1 Å². The molecule has 156 valence electrons. The molecule has 1 N–H and O–H groups in total. The third-order valence-electron chi connectivity index (χ3n) is 4.77. The van der Waals surface area contributed by atoms with Gasteiger partial charge in [0.15, 0.2) is 5.78 Å². The fourth-order valence-electron chi connectivity index (χ4n) is 3.36. The van der Waals surface area contributed by atoms with E-state index in [2.05, 4.69) is 10.2 Å². The van der Waals surface area contributed by atoms with Crippen molar-refractivity contribution >= 4 is 34.3 Å². The van der Waals surface area contributed by atoms with Crippen molar-refractivity contribution < 1.29 is 57.4 Å². The fourth-order valence-corrected chi connectivity index (χ4v) is 3.62. The van der Waals surface area contributed by atoms with E-state index >= 15 is 0 Å². The number of aromatic carboxylic acids is 1. The number of alkyl halides is 3. The molecule has 0 aliphatic heterocycles. The number of benzene rings is 3. The number of aromatic nitrogens is 2. The zero-order valence-corrected chi connectivity index (χ0v) is 19.2. The molecule has 0 bridgehead atoms. The molecule has 0 spiro atoms. The van der Waals surface area contributed by atoms with E-state index in [0.717, 1.165) is 12.1 Å². The average molecular weight is 467 g/mol. The molecule has 0 saturated heterocycles. The molecule has 5 nitrogen and oxygen atoms in total. The van der Waals surface area contributed by atoms with Gasteiger partial charge in [0, 0.05) is 16.5 Å². The van der Waals surface area contributed by atoms with E-state index in [-0.39, 0.29) is 51.4 Å². The number of aromatic amines is 1. The Hall–Kier alpha value is -2.65. The van der Waals surface area contributed by atoms with Crippen molar-refractivity contribution in [2.24, 2.45) is 0 Å². The summed E-state index contributed by atoms with van der Waals surface area (Å²) in [4.78, 5) is 24.2. The zero-order valence-electron chi connectivity index (χ0n) is 16.5. The van der Waals surface area contributed by atoms with Crippen LogP contribution in [0.25, 0.3) is 22.2 Å². The molecule has 0 atom stereocenters. The van der Waals surface area contributed by atoms with E-state index in [1.807, 2.05) is 0 Å². The van der Waals surface area contributed by atoms with Crippen molar-refractivity contribution in [3.05, 3.63) is 87.9 Å². The van der Waals surface area contributed by atoms with Crippen LogP contribution in [0.1, 0.15) is 31.8 Å². The number of rotatable bonds is 4. The van der Waals surface area contributed by atoms with Gasteiger partial charge in [-0.25, -0.2) is 0 Å². The minimum atomic E-state index is -4.77. The summed E-state index contributed by atoms with van der Waals surface area (Å²) >= 11 is 6.00. The van der Waals surface area contributed by atoms with Gasteiger partial charge in [-0.2, -0.15) is 18.3 Å². The number of carboxylic acid groups (broad SMARTS) is 1. The summed E-state index contributed by atoms with van der Waals surface area (Å²) < 4.78 is 40.6. The molecule has 32 heavy (non-hydrogen) atoms. The van der Waals surface area contributed by atoms with Crippen LogP contribution in [0.2, 0.25) is 5.02 Å². The second-order valence-corrected chi connectivity index (χ2v) is 7.06. The predicted octanol–water partition coefficient (Wildman–Crippen LogP) is 1.50. The maximum absolute atomic E-state index is 13.5. The molecular formula is C22H11ClF3N2NaO3. The van der Waals surface area contributed by atoms with Gasteiger partial charge in [-0.3, -0.25) is 9.89 Å². The van der Waals surface area contributed by atoms with Crippen LogP contribution in [-0.4, -0.2) is 21.9 Å². The van der Waals surface area contributed by atoms with E-state index in [4.69, 9.17) is 11.6 Å². The van der Waals surface area contributed by atoms with Crippen molar-refractivity contribution in [3.63, 3.8) is 0 Å². The first-order chi connectivity index (χ1) is 14.7. The van der Waals surface area contributed by atoms with Crippen LogP contribution in [0.15, 0.2) is 60.7 Å². The molecule has 0 unspecified atom stereocenters. The number of nitrogens with zero attached hydrogens (tertiary/aromatic N) is 1. The van der Waals surface area contributed by atoms with E-state index in [1.165, 1.54) is 42.5 Å². The minimum absolute atomic E-state index is 0. The van der Waals surface area contributed by atoms with Crippen LogP contribution in [0.5, 0.6) is 0 Å². The van der Waals surface area contributed by atoms with Crippen LogP contribution in [0, 0.1) is 0 Å². The first kappa shape index (κ1) is 24.0. The molecule has 4 aromatic rings. The van der Waals surface area contributed by atoms with E-state index in [0.29, 0.717) is 16.5 Å². The average Bonchev–Trinajstić information content (AvgIpc) is 3.17. The van der Waals surface area contributed by atoms with Crippen molar-refractivity contribution in [2.45, 2.75) is 6.18 Å². The molecule has 0 saturated carbocycles. The standard InChI is InChI=1S/C22H12ClF3N2O3.Na/c23-15-5-2-4-14(22(24,25)26)18(15)20(29)13-3-1-6-16-17(13)19(28-27-16)11-7-9-12(10-8-11)21(30)31;/h1-10H,(H,27,28)(H,30,31);/q;+1/p-1. The Labute approximate surface area is 206 Å². The third-order valence-corrected chi connectivity index (χ3v) is 5.09. The Kier molecular flexibility index (Phi) is 6.80. The predicted molar refractivity (Wildman–Crippen MR) is 106 cm³/mol. The number of ketones is 1. The third kappa shape index (κ3) is 4.31. The molecule has 0 aliphatic carbocycles. The number of carbonyl (C=O) groups is 2. The summed E-state index contributed by atoms with van der Waals surface area (Å²) in [7, 11) is 0. The SMILES string of the molecule is O=C([O-])c1ccc(-c2n[nH]c3cccc(C(=O)c4c(Cl)cccc4C(F)(F)F)c23)cc1.[Na+]. The van der Waals surface area contributed by atoms with Crippen LogP contribution in [0.4, 0.5) is 13.2 Å². The summed E-state index contributed by atoms with van der Waals surface area (Å²) in [6, 6.07) is 13.2. The van der Waals surface area contributed by atoms with E-state index in [1.54, 1.807) is 6.07 Å². The number of nitrogens with one attached hydrogen (secondary N) is 1. The van der Waals surface area contributed by atoms with Crippen LogP contribution in [-0.2, 0) is 6.18 Å². The minimum Gasteiger partial charge on any atom is -0.545 e. The molecule has 0 fully saturated rings. The Balaban J connectivity index is 0.00000289. The monoisotopic (exact) mass is 466 g/mol. The van der Waals surface area contributed by atoms with Crippen molar-refractivity contribution in [1.29, 1.82) is 0 Å². The number of H-pyrrole nitrogens is 1. The van der Waals surface area contributed by atoms with Crippen LogP contribution in [0.3, 0.4) is 0 Å². The normalized spacial score (nSPS) is 11.2. The van der Waals surface area contributed by atoms with Gasteiger partial charge >= 0.3 is 35.7 Å². The Morgan fingerprint density at radius 2 is 1.62 bits per heavy atom. The Morgan fingerprint density at radius 1 is 0.969 bits per heavy atom. The van der Waals surface area contributed by atoms with Gasteiger partial charge in [0.05, 0.1) is 27.6 Å². The van der Waals surface area contributed by atoms with E-state index in [9.17, 15) is 27.9 Å². The summed E-state index contributed by atoms with van der Waals surface area (Å²) in [6.07, 6.45) is -4.77. The summed E-state index contributed by atoms with van der Waals surface area (Å²) in [6.45, 7) is 0. The largest absolute Gasteiger partial charge is 1.00 e. The topological polar surface area (TPSA) is 85.9 Å². The number of carbonyl (C=O) groups excluding carboxylic acids is 2. The van der Waals surface area contributed by atoms with Crippen molar-refractivity contribution in [3.8, 4) is 11.3 Å². The zero-order chi connectivity index (χ0) is 22.3. The molecule has 10 heteroatoms. The summed E-state index contributed by atoms with van der Waals surface area (Å²) in [5.74, 6) is -2.26. The Bertz CT molecular complexity index is 1330. The summed E-state index contributed by atoms with van der Waals surface area (Å²) in [5.41, 5.74) is -0.690. The molecule has 1 heterocycles. The van der Waals surface area contributed by atoms with Gasteiger partial charge in [0.25, 0.3) is 0 Å². The molecular weight excluding hydrogens is 456 g/mol. The molecule has 0 amide bonds. The second kappa shape index (κ2) is 9.07. The van der Waals surface area contributed by atoms with Crippen LogP contribution < -0.4 is 34.7 Å². The maximum atomic E-state index is 13.5. The molecule has 1 aromatic heterocycles. The van der Waals surface area contributed by atoms with Gasteiger partial charge in [0.1, 0.15) is 5.69 Å². The number of halogens is 4. The van der Waals surface area contributed by atoms with Gasteiger partial charge in [-0.15, -0.1) is 0 Å². The smallest absolute Gasteiger partial charge is 0.545 e. The Morgan fingerprint density at radius 3 is 2.25 bits per heavy atom. The second-order valence-electron chi connectivity index (χ2n) is 6.65. The van der Waals surface area contributed by atoms with Crippen molar-refractivity contribution in [2.75, 3.05) is 0 Å². The number of hydrogen-bond donors (Lipinski definition) is 1. The quantitative estimate of drug-likeness (QED) is 0.365. The van der Waals surface area contributed by atoms with E-state index < -0.39 is 29.1 Å². The van der Waals surface area contributed by atoms with Gasteiger partial charge in [0.2, 0.25) is 0 Å². The number of hydrogen-bond acceptors (Lipinski definition) is 4. The number of fused-ring (bicyclic) bond motifs is 1. The molecule has 3 aromatic carbocycles. The summed E-state index contributed by atoms with van der Waals surface area (Å²) in [5, 5.41) is 17.9.